The molecule has 1 aliphatic heterocycles. The van der Waals surface area contributed by atoms with Gasteiger partial charge in [0.2, 0.25) is 0 Å². The van der Waals surface area contributed by atoms with E-state index in [1.165, 1.54) is 24.1 Å². The quantitative estimate of drug-likeness (QED) is 0.234. The zero-order valence-electron chi connectivity index (χ0n) is 16.6. The van der Waals surface area contributed by atoms with Crippen LogP contribution in [0.5, 0.6) is 11.5 Å². The number of benzene rings is 2. The number of carbonyl (C=O) groups is 1. The Morgan fingerprint density at radius 2 is 1.97 bits per heavy atom. The molecule has 10 heteroatoms. The maximum Gasteiger partial charge on any atom is 0.313 e. The average molecular weight is 481 g/mol. The molecule has 2 aromatic carbocycles. The smallest absolute Gasteiger partial charge is 0.313 e. The van der Waals surface area contributed by atoms with Crippen molar-refractivity contribution in [3.63, 3.8) is 0 Å². The first kappa shape index (κ1) is 22.0. The van der Waals surface area contributed by atoms with Crippen molar-refractivity contribution in [1.29, 1.82) is 0 Å². The predicted molar refractivity (Wildman–Crippen MR) is 112 cm³/mol. The van der Waals surface area contributed by atoms with Crippen LogP contribution in [0.25, 0.3) is 0 Å². The zero-order valence-corrected chi connectivity index (χ0v) is 18.1. The van der Waals surface area contributed by atoms with Crippen molar-refractivity contribution in [1.82, 2.24) is 0 Å². The third kappa shape index (κ3) is 4.72. The van der Waals surface area contributed by atoms with Gasteiger partial charge >= 0.3 is 5.69 Å². The lowest BCUT2D eigenvalue weighted by Crippen LogP contribution is -2.38. The minimum atomic E-state index is -0.548. The summed E-state index contributed by atoms with van der Waals surface area (Å²) >= 11 is 3.42. The molecular formula is C20H21BrN2O7. The van der Waals surface area contributed by atoms with Gasteiger partial charge in [0, 0.05) is 24.2 Å². The molecule has 0 saturated heterocycles. The predicted octanol–water partition coefficient (Wildman–Crippen LogP) is 3.57. The van der Waals surface area contributed by atoms with Crippen LogP contribution in [0.2, 0.25) is 0 Å². The highest BCUT2D eigenvalue weighted by atomic mass is 79.9. The topological polar surface area (TPSA) is 100 Å². The lowest BCUT2D eigenvalue weighted by atomic mass is 9.97. The van der Waals surface area contributed by atoms with Crippen molar-refractivity contribution in [2.45, 2.75) is 6.42 Å². The van der Waals surface area contributed by atoms with E-state index in [-0.39, 0.29) is 24.1 Å². The van der Waals surface area contributed by atoms with Gasteiger partial charge in [-0.15, -0.1) is 0 Å². The first-order valence-corrected chi connectivity index (χ1v) is 9.91. The summed E-state index contributed by atoms with van der Waals surface area (Å²) in [5.74, 6) is 0.246. The van der Waals surface area contributed by atoms with Crippen LogP contribution < -0.4 is 14.4 Å². The second kappa shape index (κ2) is 9.88. The van der Waals surface area contributed by atoms with E-state index in [2.05, 4.69) is 15.9 Å². The molecule has 9 nitrogen and oxygen atoms in total. The van der Waals surface area contributed by atoms with Crippen LogP contribution in [0, 0.1) is 10.1 Å². The molecule has 1 amide bonds. The molecule has 0 bridgehead atoms. The monoisotopic (exact) mass is 480 g/mol. The first-order valence-electron chi connectivity index (χ1n) is 9.12. The minimum Gasteiger partial charge on any atom is -0.496 e. The molecule has 0 atom stereocenters. The van der Waals surface area contributed by atoms with E-state index in [0.717, 1.165) is 10.0 Å². The summed E-state index contributed by atoms with van der Waals surface area (Å²) in [6.07, 6.45) is 0.594. The Bertz CT molecular complexity index is 934. The Labute approximate surface area is 181 Å². The summed E-state index contributed by atoms with van der Waals surface area (Å²) in [5, 5.41) is 11.5. The van der Waals surface area contributed by atoms with Gasteiger partial charge < -0.3 is 23.8 Å². The van der Waals surface area contributed by atoms with E-state index in [1.807, 2.05) is 6.07 Å². The normalized spacial score (nSPS) is 13.2. The van der Waals surface area contributed by atoms with E-state index in [4.69, 9.17) is 18.9 Å². The summed E-state index contributed by atoms with van der Waals surface area (Å²) < 4.78 is 21.6. The summed E-state index contributed by atoms with van der Waals surface area (Å²) in [5.41, 5.74) is 1.49. The molecule has 0 aromatic heterocycles. The lowest BCUT2D eigenvalue weighted by Gasteiger charge is -2.29. The number of nitrogens with zero attached hydrogens (tertiary/aromatic N) is 2. The Morgan fingerprint density at radius 1 is 1.17 bits per heavy atom. The fraction of sp³-hybridized carbons (Fsp3) is 0.350. The van der Waals surface area contributed by atoms with Gasteiger partial charge in [0.15, 0.2) is 12.5 Å². The van der Waals surface area contributed by atoms with E-state index in [0.29, 0.717) is 43.2 Å². The molecule has 0 aliphatic carbocycles. The average Bonchev–Trinajstić information content (AvgIpc) is 2.73. The fourth-order valence-corrected chi connectivity index (χ4v) is 3.68. The number of hydrogen-bond acceptors (Lipinski definition) is 7. The third-order valence-corrected chi connectivity index (χ3v) is 5.07. The molecule has 0 fully saturated rings. The van der Waals surface area contributed by atoms with Gasteiger partial charge in [-0.05, 0) is 36.2 Å². The lowest BCUT2D eigenvalue weighted by molar-refractivity contribution is -0.386. The maximum atomic E-state index is 13.1. The third-order valence-electron chi connectivity index (χ3n) is 4.61. The summed E-state index contributed by atoms with van der Waals surface area (Å²) in [4.78, 5) is 25.6. The fourth-order valence-electron chi connectivity index (χ4n) is 3.20. The van der Waals surface area contributed by atoms with Crippen molar-refractivity contribution >= 4 is 33.2 Å². The van der Waals surface area contributed by atoms with Crippen molar-refractivity contribution in [3.05, 3.63) is 56.0 Å². The van der Waals surface area contributed by atoms with Gasteiger partial charge in [-0.1, -0.05) is 15.9 Å². The molecule has 0 spiro atoms. The van der Waals surface area contributed by atoms with Gasteiger partial charge in [0.25, 0.3) is 5.91 Å². The van der Waals surface area contributed by atoms with E-state index >= 15 is 0 Å². The SMILES string of the molecule is COCCOCOc1ccc(N2CCc3cc(Br)cc(OC)c3C2=O)cc1[N+](=O)[O-]. The standard InChI is InChI=1S/C20H21BrN2O7/c1-27-7-8-29-12-30-17-4-3-15(11-16(17)23(25)26)22-6-5-13-9-14(21)10-18(28-2)19(13)20(22)24/h3-4,9-11H,5-8,12H2,1-2H3. The molecule has 0 saturated carbocycles. The number of halogens is 1. The van der Waals surface area contributed by atoms with Gasteiger partial charge in [-0.25, -0.2) is 0 Å². The molecule has 2 aromatic rings. The molecule has 3 rings (SSSR count). The highest BCUT2D eigenvalue weighted by Crippen LogP contribution is 2.36. The van der Waals surface area contributed by atoms with Crippen LogP contribution in [0.4, 0.5) is 11.4 Å². The van der Waals surface area contributed by atoms with Crippen molar-refractivity contribution in [2.24, 2.45) is 0 Å². The Balaban J connectivity index is 1.85. The van der Waals surface area contributed by atoms with Crippen LogP contribution in [0.15, 0.2) is 34.8 Å². The highest BCUT2D eigenvalue weighted by molar-refractivity contribution is 9.10. The molecule has 0 unspecified atom stereocenters. The van der Waals surface area contributed by atoms with E-state index in [1.54, 1.807) is 19.2 Å². The maximum absolute atomic E-state index is 13.1. The van der Waals surface area contributed by atoms with Gasteiger partial charge in [-0.2, -0.15) is 0 Å². The molecule has 160 valence electrons. The van der Waals surface area contributed by atoms with Crippen LogP contribution >= 0.6 is 15.9 Å². The largest absolute Gasteiger partial charge is 0.496 e. The van der Waals surface area contributed by atoms with Gasteiger partial charge in [-0.3, -0.25) is 14.9 Å². The van der Waals surface area contributed by atoms with Crippen LogP contribution in [-0.2, 0) is 15.9 Å². The van der Waals surface area contributed by atoms with Gasteiger partial charge in [0.05, 0.1) is 36.5 Å². The Hall–Kier alpha value is -2.69. The zero-order chi connectivity index (χ0) is 21.7. The van der Waals surface area contributed by atoms with E-state index < -0.39 is 4.92 Å². The van der Waals surface area contributed by atoms with E-state index in [9.17, 15) is 14.9 Å². The number of ether oxygens (including phenoxy) is 4. The number of rotatable bonds is 9. The molecule has 1 heterocycles. The second-order valence-electron chi connectivity index (χ2n) is 6.42. The van der Waals surface area contributed by atoms with Crippen molar-refractivity contribution in [3.8, 4) is 11.5 Å². The number of hydrogen-bond donors (Lipinski definition) is 0. The number of amides is 1. The number of carbonyl (C=O) groups excluding carboxylic acids is 1. The Kier molecular flexibility index (Phi) is 7.24. The number of methoxy groups -OCH3 is 2. The molecule has 30 heavy (non-hydrogen) atoms. The minimum absolute atomic E-state index is 0.0625. The molecule has 1 aliphatic rings. The molecule has 0 radical (unpaired) electrons. The summed E-state index contributed by atoms with van der Waals surface area (Å²) in [7, 11) is 3.04. The van der Waals surface area contributed by atoms with Gasteiger partial charge in [0.1, 0.15) is 5.75 Å². The Morgan fingerprint density at radius 3 is 2.67 bits per heavy atom. The number of anilines is 1. The number of nitro groups is 1. The van der Waals surface area contributed by atoms with Crippen LogP contribution in [0.3, 0.4) is 0 Å². The summed E-state index contributed by atoms with van der Waals surface area (Å²) in [6.45, 7) is 0.944. The highest BCUT2D eigenvalue weighted by Gasteiger charge is 2.30. The van der Waals surface area contributed by atoms with Crippen molar-refractivity contribution in [2.75, 3.05) is 45.7 Å². The second-order valence-corrected chi connectivity index (χ2v) is 7.34. The molecular weight excluding hydrogens is 460 g/mol. The van der Waals surface area contributed by atoms with Crippen LogP contribution in [0.1, 0.15) is 15.9 Å². The number of fused-ring (bicyclic) bond motifs is 1. The summed E-state index contributed by atoms with van der Waals surface area (Å²) in [6, 6.07) is 8.03. The molecule has 0 N–H and O–H groups in total. The van der Waals surface area contributed by atoms with Crippen molar-refractivity contribution < 1.29 is 28.7 Å². The first-order chi connectivity index (χ1) is 14.5. The van der Waals surface area contributed by atoms with Crippen LogP contribution in [-0.4, -0.2) is 51.6 Å². The number of nitro benzene ring substituents is 1.